The van der Waals surface area contributed by atoms with Gasteiger partial charge in [0.15, 0.2) is 0 Å². The van der Waals surface area contributed by atoms with Gasteiger partial charge < -0.3 is 0 Å². The summed E-state index contributed by atoms with van der Waals surface area (Å²) in [6, 6.07) is 0. The van der Waals surface area contributed by atoms with Gasteiger partial charge in [0.05, 0.1) is 0 Å². The summed E-state index contributed by atoms with van der Waals surface area (Å²) in [5, 5.41) is 0. The normalized spacial score (nSPS) is 4.50. The standard InChI is InChI=1S/3ClH.Eu.Nd.Sm/h3*1H;;;/q;;;;+3;/p-3. The van der Waals surface area contributed by atoms with E-state index in [-0.39, 0.29) is 89.8 Å². The summed E-state index contributed by atoms with van der Waals surface area (Å²) in [6.45, 7) is 0. The Labute approximate surface area is 132 Å². The molecule has 0 nitrogen and oxygen atoms in total. The predicted molar refractivity (Wildman–Crippen MR) is 17.6 cm³/mol. The molecule has 0 N–H and O–H groups in total. The molecular formula is Cl3EuNdSm. The molecule has 1 radical (unpaired) electrons. The van der Waals surface area contributed by atoms with Crippen LogP contribution in [0.1, 0.15) is 0 Å². The van der Waals surface area contributed by atoms with E-state index in [4.69, 9.17) is 17.4 Å². The number of rotatable bonds is 0. The Hall–Kier alpha value is 5.14. The molecule has 0 rings (SSSR count). The van der Waals surface area contributed by atoms with E-state index in [1.165, 1.54) is 0 Å². The van der Waals surface area contributed by atoms with Gasteiger partial charge in [-0.05, 0) is 0 Å². The van der Waals surface area contributed by atoms with Gasteiger partial charge >= 0.3 is 47.3 Å². The molecular weight excluding hydrogens is 553 g/mol. The van der Waals surface area contributed by atoms with Crippen LogP contribution in [0, 0.1) is 120 Å². The average molecular weight is 553 g/mol. The fraction of sp³-hybridized carbons (Fsp3) is 0. The van der Waals surface area contributed by atoms with Crippen molar-refractivity contribution < 1.29 is 120 Å². The topological polar surface area (TPSA) is 0 Å². The smallest absolute Gasteiger partial charge is 0 e. The van der Waals surface area contributed by atoms with E-state index in [1.54, 1.807) is 0 Å². The van der Waals surface area contributed by atoms with Crippen LogP contribution < -0.4 is 0 Å². The van der Waals surface area contributed by atoms with E-state index in [0.717, 1.165) is 0 Å². The third kappa shape index (κ3) is 22.9. The molecule has 0 aliphatic carbocycles. The first-order chi connectivity index (χ1) is 1.73. The van der Waals surface area contributed by atoms with E-state index in [9.17, 15) is 0 Å². The van der Waals surface area contributed by atoms with Gasteiger partial charge in [-0.1, -0.05) is 0 Å². The van der Waals surface area contributed by atoms with E-state index >= 15 is 0 Å². The minimum Gasteiger partial charge on any atom is 0 e. The average Bonchev–Trinajstić information content (AvgIpc) is 0.811. The molecule has 0 unspecified atom stereocenters. The van der Waals surface area contributed by atoms with E-state index in [2.05, 4.69) is 0 Å². The van der Waals surface area contributed by atoms with Crippen LogP contribution in [-0.2, 0) is 0 Å². The first-order valence-corrected chi connectivity index (χ1v) is 12.6. The predicted octanol–water partition coefficient (Wildman–Crippen LogP) is 2.07. The molecule has 6 heteroatoms. The van der Waals surface area contributed by atoms with Crippen LogP contribution in [0.2, 0.25) is 0 Å². The molecule has 0 atom stereocenters. The van der Waals surface area contributed by atoms with Gasteiger partial charge in [-0.3, -0.25) is 0 Å². The molecule has 0 aromatic heterocycles. The summed E-state index contributed by atoms with van der Waals surface area (Å²) < 4.78 is 0. The minimum absolute atomic E-state index is 0. The molecule has 0 saturated carbocycles. The van der Waals surface area contributed by atoms with Gasteiger partial charge in [0.2, 0.25) is 0 Å². The molecule has 0 amide bonds. The van der Waals surface area contributed by atoms with Crippen LogP contribution in [0.3, 0.4) is 0 Å². The van der Waals surface area contributed by atoms with Crippen molar-refractivity contribution >= 4 is 17.4 Å². The van der Waals surface area contributed by atoms with Crippen molar-refractivity contribution in [2.24, 2.45) is 0 Å². The van der Waals surface area contributed by atoms with Crippen LogP contribution in [0.15, 0.2) is 0 Å². The number of hydrogen-bond donors (Lipinski definition) is 0. The molecule has 0 spiro atoms. The summed E-state index contributed by atoms with van der Waals surface area (Å²) in [5.41, 5.74) is 0. The third-order valence-corrected chi connectivity index (χ3v) is 0. The van der Waals surface area contributed by atoms with Crippen molar-refractivity contribution in [1.29, 1.82) is 0 Å². The fourth-order valence-electron chi connectivity index (χ4n) is 0. The second kappa shape index (κ2) is 12.8. The zero-order valence-corrected chi connectivity index (χ0v) is 12.9. The van der Waals surface area contributed by atoms with Crippen LogP contribution in [0.5, 0.6) is 0 Å². The van der Waals surface area contributed by atoms with Crippen molar-refractivity contribution in [3.63, 3.8) is 0 Å². The largest absolute Gasteiger partial charge is 0 e. The molecule has 0 aromatic rings. The Morgan fingerprint density at radius 2 is 1.00 bits per heavy atom. The summed E-state index contributed by atoms with van der Waals surface area (Å²) in [7, 11) is 0. The van der Waals surface area contributed by atoms with Gasteiger partial charge in [0.1, 0.15) is 0 Å². The molecule has 0 fully saturated rings. The third-order valence-electron chi connectivity index (χ3n) is 0. The minimum atomic E-state index is -2.24. The zero-order chi connectivity index (χ0) is 3.58. The van der Waals surface area contributed by atoms with Gasteiger partial charge in [-0.15, -0.1) is 0 Å². The Kier molecular flexibility index (Phi) is 36.8. The number of hydrogen-bond acceptors (Lipinski definition) is 0. The number of halogens is 3. The molecule has 0 saturated heterocycles. The van der Waals surface area contributed by atoms with E-state index < -0.39 is 29.9 Å². The van der Waals surface area contributed by atoms with Crippen LogP contribution in [0.4, 0.5) is 0 Å². The zero-order valence-electron chi connectivity index (χ0n) is 2.42. The summed E-state index contributed by atoms with van der Waals surface area (Å²) in [4.78, 5) is 0. The van der Waals surface area contributed by atoms with Gasteiger partial charge in [0, 0.05) is 89.8 Å². The first-order valence-electron chi connectivity index (χ1n) is 0.567. The summed E-state index contributed by atoms with van der Waals surface area (Å²) in [6.07, 6.45) is 0. The molecule has 38 valence electrons. The van der Waals surface area contributed by atoms with Gasteiger partial charge in [-0.25, -0.2) is 0 Å². The Balaban J connectivity index is -0.0000000450. The van der Waals surface area contributed by atoms with Crippen LogP contribution in [-0.4, -0.2) is 0 Å². The monoisotopic (exact) mass is 552 g/mol. The summed E-state index contributed by atoms with van der Waals surface area (Å²) in [5.74, 6) is 15.1. The molecule has 0 heterocycles. The Bertz CT molecular complexity index is 15.5. The van der Waals surface area contributed by atoms with E-state index in [1.807, 2.05) is 0 Å². The quantitative estimate of drug-likeness (QED) is 0.432. The molecule has 0 aromatic carbocycles. The van der Waals surface area contributed by atoms with Crippen LogP contribution in [0.25, 0.3) is 0 Å². The van der Waals surface area contributed by atoms with Crippen LogP contribution >= 0.6 is 17.4 Å². The Morgan fingerprint density at radius 3 is 1.00 bits per heavy atom. The first kappa shape index (κ1) is 17.3. The molecule has 0 aliphatic rings. The van der Waals surface area contributed by atoms with Crippen molar-refractivity contribution in [2.45, 2.75) is 0 Å². The second-order valence-corrected chi connectivity index (χ2v) is 14.3. The maximum Gasteiger partial charge on any atom is 0 e. The fourth-order valence-corrected chi connectivity index (χ4v) is 0. The Morgan fingerprint density at radius 1 is 1.00 bits per heavy atom. The van der Waals surface area contributed by atoms with Gasteiger partial charge in [-0.2, -0.15) is 0 Å². The summed E-state index contributed by atoms with van der Waals surface area (Å²) >= 11 is -2.24. The van der Waals surface area contributed by atoms with Crippen molar-refractivity contribution in [2.75, 3.05) is 0 Å². The van der Waals surface area contributed by atoms with E-state index in [0.29, 0.717) is 0 Å². The maximum absolute atomic E-state index is 5.02. The maximum atomic E-state index is 5.02. The van der Waals surface area contributed by atoms with Crippen molar-refractivity contribution in [1.82, 2.24) is 0 Å². The molecule has 6 heavy (non-hydrogen) atoms. The van der Waals surface area contributed by atoms with Crippen molar-refractivity contribution in [3.8, 4) is 0 Å². The SMILES string of the molecule is [Cl][Nd]([Cl])[Cl].[Eu].[Sm]. The van der Waals surface area contributed by atoms with Crippen molar-refractivity contribution in [3.05, 3.63) is 0 Å². The molecule has 0 aliphatic heterocycles. The second-order valence-electron chi connectivity index (χ2n) is 0.214. The van der Waals surface area contributed by atoms with Gasteiger partial charge in [0.25, 0.3) is 0 Å². The molecule has 0 bridgehead atoms.